The molecule has 1 aliphatic rings. The molecule has 1 aliphatic heterocycles. The number of carbonyl (C=O) groups excluding carboxylic acids is 2. The zero-order valence-electron chi connectivity index (χ0n) is 19.5. The summed E-state index contributed by atoms with van der Waals surface area (Å²) < 4.78 is 0. The number of carbonyl (C=O) groups is 2. The lowest BCUT2D eigenvalue weighted by atomic mass is 9.90. The number of likely N-dealkylation sites (tertiary alicyclic amines) is 1. The van der Waals surface area contributed by atoms with Gasteiger partial charge < -0.3 is 15.5 Å². The van der Waals surface area contributed by atoms with Crippen molar-refractivity contribution in [3.63, 3.8) is 0 Å². The Balaban J connectivity index is 1.40. The second-order valence-electron chi connectivity index (χ2n) is 8.76. The Hall–Kier alpha value is -3.38. The van der Waals surface area contributed by atoms with E-state index in [4.69, 9.17) is 16.6 Å². The number of pyridine rings is 1. The number of aromatic nitrogens is 1. The minimum Gasteiger partial charge on any atom is -0.348 e. The number of hydrogen-bond acceptors (Lipinski definition) is 3. The van der Waals surface area contributed by atoms with Crippen LogP contribution in [0.25, 0.3) is 0 Å². The topological polar surface area (TPSA) is 74.3 Å². The molecule has 0 bridgehead atoms. The van der Waals surface area contributed by atoms with Gasteiger partial charge in [0.2, 0.25) is 0 Å². The zero-order chi connectivity index (χ0) is 24.1. The molecule has 4 rings (SSSR count). The van der Waals surface area contributed by atoms with E-state index in [1.807, 2.05) is 50.2 Å². The van der Waals surface area contributed by atoms with Gasteiger partial charge in [-0.1, -0.05) is 47.5 Å². The van der Waals surface area contributed by atoms with Crippen molar-refractivity contribution in [2.45, 2.75) is 39.2 Å². The second-order valence-corrected chi connectivity index (χ2v) is 9.20. The molecule has 0 aliphatic carbocycles. The van der Waals surface area contributed by atoms with E-state index in [-0.39, 0.29) is 17.9 Å². The van der Waals surface area contributed by atoms with Gasteiger partial charge in [-0.15, -0.1) is 0 Å². The van der Waals surface area contributed by atoms with Gasteiger partial charge in [0.05, 0.1) is 11.3 Å². The molecule has 0 atom stereocenters. The molecule has 1 saturated heterocycles. The molecule has 34 heavy (non-hydrogen) atoms. The normalized spacial score (nSPS) is 14.0. The maximum absolute atomic E-state index is 13.0. The molecule has 0 radical (unpaired) electrons. The summed E-state index contributed by atoms with van der Waals surface area (Å²) in [7, 11) is 0. The largest absolute Gasteiger partial charge is 0.348 e. The molecule has 0 saturated carbocycles. The highest BCUT2D eigenvalue weighted by Crippen LogP contribution is 2.30. The number of rotatable bonds is 5. The summed E-state index contributed by atoms with van der Waals surface area (Å²) in [5.74, 6) is -0.0000236. The highest BCUT2D eigenvalue weighted by molar-refractivity contribution is 6.30. The lowest BCUT2D eigenvalue weighted by Crippen LogP contribution is -2.41. The van der Waals surface area contributed by atoms with Crippen molar-refractivity contribution in [2.24, 2.45) is 0 Å². The van der Waals surface area contributed by atoms with Crippen LogP contribution >= 0.6 is 11.6 Å². The monoisotopic (exact) mass is 476 g/mol. The van der Waals surface area contributed by atoms with Crippen LogP contribution in [0.5, 0.6) is 0 Å². The molecule has 6 nitrogen and oxygen atoms in total. The van der Waals surface area contributed by atoms with E-state index >= 15 is 0 Å². The van der Waals surface area contributed by atoms with Crippen LogP contribution in [0.15, 0.2) is 60.7 Å². The second kappa shape index (κ2) is 10.7. The fourth-order valence-electron chi connectivity index (χ4n) is 4.30. The van der Waals surface area contributed by atoms with Gasteiger partial charge in [0.25, 0.3) is 5.91 Å². The molecule has 2 aromatic carbocycles. The average Bonchev–Trinajstić information content (AvgIpc) is 2.82. The summed E-state index contributed by atoms with van der Waals surface area (Å²) in [6.45, 7) is 5.63. The first-order valence-electron chi connectivity index (χ1n) is 11.5. The van der Waals surface area contributed by atoms with E-state index in [0.717, 1.165) is 35.4 Å². The smallest absolute Gasteiger partial charge is 0.321 e. The summed E-state index contributed by atoms with van der Waals surface area (Å²) >= 11 is 6.01. The summed E-state index contributed by atoms with van der Waals surface area (Å²) in [4.78, 5) is 32.3. The third kappa shape index (κ3) is 5.94. The number of nitrogens with zero attached hydrogens (tertiary/aromatic N) is 2. The van der Waals surface area contributed by atoms with E-state index in [9.17, 15) is 9.59 Å². The van der Waals surface area contributed by atoms with E-state index in [1.54, 1.807) is 23.1 Å². The number of urea groups is 1. The SMILES string of the molecule is Cc1cccc(CNC(=O)c2ccc(C)nc2C2CCN(C(=O)Nc3cccc(Cl)c3)CC2)c1. The molecule has 3 amide bonds. The Morgan fingerprint density at radius 1 is 1.03 bits per heavy atom. The maximum Gasteiger partial charge on any atom is 0.321 e. The Labute approximate surface area is 205 Å². The van der Waals surface area contributed by atoms with Crippen molar-refractivity contribution in [1.29, 1.82) is 0 Å². The van der Waals surface area contributed by atoms with Crippen molar-refractivity contribution in [3.8, 4) is 0 Å². The van der Waals surface area contributed by atoms with Gasteiger partial charge in [0.1, 0.15) is 0 Å². The fourth-order valence-corrected chi connectivity index (χ4v) is 4.49. The number of benzene rings is 2. The number of piperidine rings is 1. The summed E-state index contributed by atoms with van der Waals surface area (Å²) in [5, 5.41) is 6.52. The van der Waals surface area contributed by atoms with E-state index in [1.165, 1.54) is 0 Å². The number of amides is 3. The Morgan fingerprint density at radius 2 is 1.79 bits per heavy atom. The standard InChI is InChI=1S/C27H29ClN4O2/c1-18-5-3-6-20(15-18)17-29-26(33)24-10-9-19(2)30-25(24)21-11-13-32(14-12-21)27(34)31-23-8-4-7-22(28)16-23/h3-10,15-16,21H,11-14,17H2,1-2H3,(H,29,33)(H,31,34). The van der Waals surface area contributed by atoms with Gasteiger partial charge in [0.15, 0.2) is 0 Å². The van der Waals surface area contributed by atoms with Crippen LogP contribution in [-0.4, -0.2) is 34.9 Å². The maximum atomic E-state index is 13.0. The van der Waals surface area contributed by atoms with E-state index in [0.29, 0.717) is 35.9 Å². The molecule has 1 fully saturated rings. The molecule has 0 unspecified atom stereocenters. The van der Waals surface area contributed by atoms with Crippen molar-refractivity contribution >= 4 is 29.2 Å². The molecule has 176 valence electrons. The van der Waals surface area contributed by atoms with Crippen LogP contribution in [0.3, 0.4) is 0 Å². The first kappa shape index (κ1) is 23.8. The van der Waals surface area contributed by atoms with Crippen LogP contribution in [0.4, 0.5) is 10.5 Å². The van der Waals surface area contributed by atoms with Gasteiger partial charge in [-0.05, 0) is 62.6 Å². The summed E-state index contributed by atoms with van der Waals surface area (Å²) in [6.07, 6.45) is 1.50. The predicted octanol–water partition coefficient (Wildman–Crippen LogP) is 5.69. The number of hydrogen-bond donors (Lipinski definition) is 2. The molecule has 3 aromatic rings. The average molecular weight is 477 g/mol. The van der Waals surface area contributed by atoms with Gasteiger partial charge in [-0.2, -0.15) is 0 Å². The molecule has 7 heteroatoms. The van der Waals surface area contributed by atoms with Crippen LogP contribution < -0.4 is 10.6 Å². The predicted molar refractivity (Wildman–Crippen MR) is 135 cm³/mol. The minimum absolute atomic E-state index is 0.120. The van der Waals surface area contributed by atoms with Crippen LogP contribution in [0, 0.1) is 13.8 Å². The Kier molecular flexibility index (Phi) is 7.48. The van der Waals surface area contributed by atoms with E-state index < -0.39 is 0 Å². The van der Waals surface area contributed by atoms with Crippen LogP contribution in [0.1, 0.15) is 51.6 Å². The number of anilines is 1. The molecular weight excluding hydrogens is 448 g/mol. The summed E-state index contributed by atoms with van der Waals surface area (Å²) in [5.41, 5.74) is 5.21. The Bertz CT molecular complexity index is 1190. The Morgan fingerprint density at radius 3 is 2.53 bits per heavy atom. The highest BCUT2D eigenvalue weighted by Gasteiger charge is 2.28. The van der Waals surface area contributed by atoms with Crippen LogP contribution in [0.2, 0.25) is 5.02 Å². The highest BCUT2D eigenvalue weighted by atomic mass is 35.5. The molecular formula is C27H29ClN4O2. The van der Waals surface area contributed by atoms with Gasteiger partial charge >= 0.3 is 6.03 Å². The van der Waals surface area contributed by atoms with E-state index in [2.05, 4.69) is 16.7 Å². The third-order valence-corrected chi connectivity index (χ3v) is 6.32. The number of nitrogens with one attached hydrogen (secondary N) is 2. The first-order chi connectivity index (χ1) is 16.4. The fraction of sp³-hybridized carbons (Fsp3) is 0.296. The van der Waals surface area contributed by atoms with Crippen molar-refractivity contribution in [2.75, 3.05) is 18.4 Å². The lowest BCUT2D eigenvalue weighted by Gasteiger charge is -2.32. The third-order valence-electron chi connectivity index (χ3n) is 6.09. The van der Waals surface area contributed by atoms with Crippen molar-refractivity contribution < 1.29 is 9.59 Å². The molecule has 2 heterocycles. The minimum atomic E-state index is -0.144. The van der Waals surface area contributed by atoms with Gasteiger partial charge in [0, 0.05) is 42.0 Å². The number of halogens is 1. The van der Waals surface area contributed by atoms with Crippen LogP contribution in [-0.2, 0) is 6.54 Å². The van der Waals surface area contributed by atoms with Crippen molar-refractivity contribution in [3.05, 3.63) is 93.8 Å². The molecule has 1 aromatic heterocycles. The number of aryl methyl sites for hydroxylation is 2. The molecule has 2 N–H and O–H groups in total. The zero-order valence-corrected chi connectivity index (χ0v) is 20.2. The van der Waals surface area contributed by atoms with Gasteiger partial charge in [-0.3, -0.25) is 9.78 Å². The first-order valence-corrected chi connectivity index (χ1v) is 11.9. The van der Waals surface area contributed by atoms with Crippen molar-refractivity contribution in [1.82, 2.24) is 15.2 Å². The lowest BCUT2D eigenvalue weighted by molar-refractivity contribution is 0.0948. The quantitative estimate of drug-likeness (QED) is 0.496. The molecule has 0 spiro atoms. The summed E-state index contributed by atoms with van der Waals surface area (Å²) in [6, 6.07) is 18.8. The van der Waals surface area contributed by atoms with Gasteiger partial charge in [-0.25, -0.2) is 4.79 Å².